The summed E-state index contributed by atoms with van der Waals surface area (Å²) in [7, 11) is -1.50. The first-order valence-electron chi connectivity index (χ1n) is 13.9. The Balaban J connectivity index is 1.19. The van der Waals surface area contributed by atoms with Crippen LogP contribution in [0.15, 0.2) is 53.4 Å². The zero-order valence-electron chi connectivity index (χ0n) is 22.2. The smallest absolute Gasteiger partial charge is 0.243 e. The molecule has 3 fully saturated rings. The molecule has 38 heavy (non-hydrogen) atoms. The number of benzene rings is 2. The van der Waals surface area contributed by atoms with Crippen LogP contribution in [0.4, 0.5) is 0 Å². The highest BCUT2D eigenvalue weighted by atomic mass is 32.2. The SMILES string of the molecule is CN1CCN(S(=O)(=O)c2ccc(-c3ccc([C@@H](C#N)CNC(=O)C4CCCC5(CCC5)C4)cc3)cc2)CC1. The number of likely N-dealkylation sites (N-methyl/N-ethyl adjacent to an activating group) is 1. The van der Waals surface area contributed by atoms with Crippen molar-refractivity contribution in [2.24, 2.45) is 11.3 Å². The molecule has 1 spiro atoms. The van der Waals surface area contributed by atoms with Crippen molar-refractivity contribution in [1.82, 2.24) is 14.5 Å². The summed E-state index contributed by atoms with van der Waals surface area (Å²) in [5.74, 6) is -0.237. The Kier molecular flexibility index (Phi) is 7.90. The van der Waals surface area contributed by atoms with E-state index in [-0.39, 0.29) is 11.8 Å². The van der Waals surface area contributed by atoms with Gasteiger partial charge in [-0.25, -0.2) is 8.42 Å². The zero-order chi connectivity index (χ0) is 26.8. The third-order valence-electron chi connectivity index (χ3n) is 8.96. The van der Waals surface area contributed by atoms with E-state index in [1.807, 2.05) is 43.4 Å². The summed E-state index contributed by atoms with van der Waals surface area (Å²) in [6.07, 6.45) is 8.16. The Morgan fingerprint density at radius 3 is 2.18 bits per heavy atom. The number of hydrogen-bond acceptors (Lipinski definition) is 5. The molecular formula is C30H38N4O3S. The van der Waals surface area contributed by atoms with Gasteiger partial charge >= 0.3 is 0 Å². The van der Waals surface area contributed by atoms with E-state index in [2.05, 4.69) is 16.3 Å². The summed E-state index contributed by atoms with van der Waals surface area (Å²) in [5.41, 5.74) is 3.14. The number of sulfonamides is 1. The Bertz CT molecular complexity index is 1270. The molecule has 0 radical (unpaired) electrons. The summed E-state index contributed by atoms with van der Waals surface area (Å²) in [6, 6.07) is 17.1. The van der Waals surface area contributed by atoms with Crippen LogP contribution in [0.3, 0.4) is 0 Å². The van der Waals surface area contributed by atoms with E-state index in [1.54, 1.807) is 16.4 Å². The van der Waals surface area contributed by atoms with E-state index in [9.17, 15) is 18.5 Å². The van der Waals surface area contributed by atoms with Gasteiger partial charge in [0.25, 0.3) is 0 Å². The molecule has 1 saturated heterocycles. The Morgan fingerprint density at radius 2 is 1.61 bits per heavy atom. The van der Waals surface area contributed by atoms with E-state index in [0.29, 0.717) is 29.9 Å². The Morgan fingerprint density at radius 1 is 1.00 bits per heavy atom. The van der Waals surface area contributed by atoms with Crippen molar-refractivity contribution >= 4 is 15.9 Å². The molecule has 2 atom stereocenters. The number of carbonyl (C=O) groups excluding carboxylic acids is 1. The van der Waals surface area contributed by atoms with Crippen LogP contribution < -0.4 is 5.32 Å². The predicted molar refractivity (Wildman–Crippen MR) is 148 cm³/mol. The fourth-order valence-electron chi connectivity index (χ4n) is 6.29. The van der Waals surface area contributed by atoms with Crippen LogP contribution in [0.1, 0.15) is 56.4 Å². The normalized spacial score (nSPS) is 22.8. The maximum atomic E-state index is 13.0. The van der Waals surface area contributed by atoms with Gasteiger partial charge in [0.2, 0.25) is 15.9 Å². The quantitative estimate of drug-likeness (QED) is 0.569. The molecule has 7 nitrogen and oxygen atoms in total. The minimum Gasteiger partial charge on any atom is -0.354 e. The second-order valence-corrected chi connectivity index (χ2v) is 13.4. The first-order valence-corrected chi connectivity index (χ1v) is 15.3. The van der Waals surface area contributed by atoms with Crippen LogP contribution in [-0.4, -0.2) is 63.3 Å². The first kappa shape index (κ1) is 26.9. The van der Waals surface area contributed by atoms with Crippen LogP contribution in [0.25, 0.3) is 11.1 Å². The number of piperazine rings is 1. The van der Waals surface area contributed by atoms with Crippen molar-refractivity contribution in [3.8, 4) is 17.2 Å². The average molecular weight is 535 g/mol. The standard InChI is InChI=1S/C30H38N4O3S/c1-33-16-18-34(19-17-33)38(36,37)28-11-9-24(10-12-28)23-5-7-25(8-6-23)27(21-31)22-32-29(35)26-4-2-13-30(20-26)14-3-15-30/h5-12,26-27H,2-4,13-20,22H2,1H3,(H,32,35)/t26?,27-/m0/s1. The van der Waals surface area contributed by atoms with Crippen LogP contribution >= 0.6 is 0 Å². The lowest BCUT2D eigenvalue weighted by Crippen LogP contribution is -2.46. The minimum atomic E-state index is -3.50. The summed E-state index contributed by atoms with van der Waals surface area (Å²) >= 11 is 0. The maximum absolute atomic E-state index is 13.0. The van der Waals surface area contributed by atoms with Gasteiger partial charge in [-0.15, -0.1) is 0 Å². The van der Waals surface area contributed by atoms with Crippen molar-refractivity contribution in [3.05, 3.63) is 54.1 Å². The second kappa shape index (κ2) is 11.2. The molecule has 1 N–H and O–H groups in total. The number of hydrogen-bond donors (Lipinski definition) is 1. The number of nitrogens with zero attached hydrogens (tertiary/aromatic N) is 3. The molecule has 2 aliphatic carbocycles. The van der Waals surface area contributed by atoms with Crippen LogP contribution in [0.5, 0.6) is 0 Å². The van der Waals surface area contributed by atoms with Gasteiger partial charge < -0.3 is 10.2 Å². The molecule has 2 aromatic carbocycles. The van der Waals surface area contributed by atoms with Gasteiger partial charge in [-0.3, -0.25) is 4.79 Å². The van der Waals surface area contributed by atoms with E-state index in [0.717, 1.165) is 49.0 Å². The molecule has 2 aromatic rings. The van der Waals surface area contributed by atoms with Crippen molar-refractivity contribution in [3.63, 3.8) is 0 Å². The number of carbonyl (C=O) groups is 1. The maximum Gasteiger partial charge on any atom is 0.243 e. The Labute approximate surface area is 226 Å². The lowest BCUT2D eigenvalue weighted by Gasteiger charge is -2.47. The average Bonchev–Trinajstić information content (AvgIpc) is 2.93. The number of nitriles is 1. The lowest BCUT2D eigenvalue weighted by atomic mass is 9.58. The van der Waals surface area contributed by atoms with Crippen molar-refractivity contribution in [1.29, 1.82) is 5.26 Å². The van der Waals surface area contributed by atoms with Gasteiger partial charge in [0.1, 0.15) is 0 Å². The summed E-state index contributed by atoms with van der Waals surface area (Å²) in [5, 5.41) is 12.8. The molecule has 1 aliphatic heterocycles. The molecule has 1 amide bonds. The molecular weight excluding hydrogens is 496 g/mol. The number of amides is 1. The molecule has 5 rings (SSSR count). The van der Waals surface area contributed by atoms with Gasteiger partial charge in [0.15, 0.2) is 0 Å². The molecule has 1 heterocycles. The highest BCUT2D eigenvalue weighted by Crippen LogP contribution is 2.53. The minimum absolute atomic E-state index is 0.0776. The third-order valence-corrected chi connectivity index (χ3v) is 10.9. The molecule has 8 heteroatoms. The van der Waals surface area contributed by atoms with Crippen LogP contribution in [0, 0.1) is 22.7 Å². The summed E-state index contributed by atoms with van der Waals surface area (Å²) in [6.45, 7) is 2.79. The second-order valence-electron chi connectivity index (χ2n) is 11.4. The molecule has 202 valence electrons. The highest BCUT2D eigenvalue weighted by Gasteiger charge is 2.42. The van der Waals surface area contributed by atoms with E-state index in [1.165, 1.54) is 25.7 Å². The van der Waals surface area contributed by atoms with Crippen molar-refractivity contribution in [2.45, 2.75) is 55.8 Å². The van der Waals surface area contributed by atoms with Crippen LogP contribution in [-0.2, 0) is 14.8 Å². The first-order chi connectivity index (χ1) is 18.3. The molecule has 0 bridgehead atoms. The van der Waals surface area contributed by atoms with Crippen molar-refractivity contribution < 1.29 is 13.2 Å². The fraction of sp³-hybridized carbons (Fsp3) is 0.533. The highest BCUT2D eigenvalue weighted by molar-refractivity contribution is 7.89. The molecule has 0 aromatic heterocycles. The monoisotopic (exact) mass is 534 g/mol. The summed E-state index contributed by atoms with van der Waals surface area (Å²) < 4.78 is 27.6. The van der Waals surface area contributed by atoms with Gasteiger partial charge in [0, 0.05) is 38.6 Å². The van der Waals surface area contributed by atoms with E-state index in [4.69, 9.17) is 0 Å². The number of nitrogens with one attached hydrogen (secondary N) is 1. The fourth-order valence-corrected chi connectivity index (χ4v) is 7.72. The molecule has 3 aliphatic rings. The van der Waals surface area contributed by atoms with Gasteiger partial charge in [-0.05, 0) is 73.4 Å². The number of rotatable bonds is 7. The van der Waals surface area contributed by atoms with E-state index < -0.39 is 15.9 Å². The molecule has 1 unspecified atom stereocenters. The van der Waals surface area contributed by atoms with Gasteiger partial charge in [-0.1, -0.05) is 49.2 Å². The van der Waals surface area contributed by atoms with Crippen molar-refractivity contribution in [2.75, 3.05) is 39.8 Å². The van der Waals surface area contributed by atoms with E-state index >= 15 is 0 Å². The van der Waals surface area contributed by atoms with Gasteiger partial charge in [0.05, 0.1) is 16.9 Å². The van der Waals surface area contributed by atoms with Crippen LogP contribution in [0.2, 0.25) is 0 Å². The predicted octanol–water partition coefficient (Wildman–Crippen LogP) is 4.37. The molecule has 2 saturated carbocycles. The zero-order valence-corrected chi connectivity index (χ0v) is 23.0. The lowest BCUT2D eigenvalue weighted by molar-refractivity contribution is -0.128. The van der Waals surface area contributed by atoms with Gasteiger partial charge in [-0.2, -0.15) is 9.57 Å². The third kappa shape index (κ3) is 5.66. The largest absolute Gasteiger partial charge is 0.354 e. The Hall–Kier alpha value is -2.73. The summed E-state index contributed by atoms with van der Waals surface area (Å²) in [4.78, 5) is 15.3. The topological polar surface area (TPSA) is 93.5 Å².